The Labute approximate surface area is 211 Å². The topological polar surface area (TPSA) is 25.8 Å². The summed E-state index contributed by atoms with van der Waals surface area (Å²) in [6.45, 7) is 4.64. The number of unbranched alkanes of at least 4 members (excludes halogenated alkanes) is 4. The number of hydrogen-bond acceptors (Lipinski definition) is 2. The lowest BCUT2D eigenvalue weighted by molar-refractivity contribution is 0.155. The second-order valence-corrected chi connectivity index (χ2v) is 12.5. The third-order valence-electron chi connectivity index (χ3n) is 10.1. The molecular formula is C32H54N2. The van der Waals surface area contributed by atoms with Gasteiger partial charge in [0.1, 0.15) is 5.82 Å². The first-order valence-corrected chi connectivity index (χ1v) is 15.6. The average molecular weight is 467 g/mol. The molecule has 0 N–H and O–H groups in total. The van der Waals surface area contributed by atoms with Crippen molar-refractivity contribution < 1.29 is 0 Å². The molecule has 3 saturated carbocycles. The highest BCUT2D eigenvalue weighted by molar-refractivity contribution is 5.14. The standard InChI is InChI=1S/C32H54N2/c1-3-5-7-9-25-11-15-27(16-12-25)28-19-21-29(22-20-28)31-23-33-32(34-24-31)30-17-13-26(14-18-30)10-8-6-4-2/h23-30H,3-22H2,1-2H3/t25-,26-,27-,28-,29-,30-. The normalized spacial score (nSPS) is 32.5. The van der Waals surface area contributed by atoms with Crippen molar-refractivity contribution in [1.29, 1.82) is 0 Å². The molecule has 0 amide bonds. The van der Waals surface area contributed by atoms with Gasteiger partial charge in [0, 0.05) is 18.3 Å². The van der Waals surface area contributed by atoms with Crippen molar-refractivity contribution >= 4 is 0 Å². The Hall–Kier alpha value is -0.920. The molecule has 0 unspecified atom stereocenters. The summed E-state index contributed by atoms with van der Waals surface area (Å²) in [4.78, 5) is 9.83. The lowest BCUT2D eigenvalue weighted by atomic mass is 9.68. The van der Waals surface area contributed by atoms with E-state index in [9.17, 15) is 0 Å². The number of rotatable bonds is 11. The fraction of sp³-hybridized carbons (Fsp3) is 0.875. The molecule has 0 radical (unpaired) electrons. The van der Waals surface area contributed by atoms with Crippen molar-refractivity contribution in [3.63, 3.8) is 0 Å². The number of aromatic nitrogens is 2. The van der Waals surface area contributed by atoms with Crippen molar-refractivity contribution in [3.8, 4) is 0 Å². The largest absolute Gasteiger partial charge is 0.241 e. The summed E-state index contributed by atoms with van der Waals surface area (Å²) in [5, 5.41) is 0. The van der Waals surface area contributed by atoms with Crippen LogP contribution in [0.5, 0.6) is 0 Å². The van der Waals surface area contributed by atoms with Crippen LogP contribution in [0.4, 0.5) is 0 Å². The maximum Gasteiger partial charge on any atom is 0.131 e. The van der Waals surface area contributed by atoms with Crippen molar-refractivity contribution in [1.82, 2.24) is 9.97 Å². The quantitative estimate of drug-likeness (QED) is 0.303. The third kappa shape index (κ3) is 7.54. The Kier molecular flexibility index (Phi) is 10.8. The van der Waals surface area contributed by atoms with Gasteiger partial charge in [-0.1, -0.05) is 78.1 Å². The van der Waals surface area contributed by atoms with Gasteiger partial charge in [-0.25, -0.2) is 9.97 Å². The van der Waals surface area contributed by atoms with E-state index in [1.165, 1.54) is 134 Å². The molecule has 4 rings (SSSR count). The minimum absolute atomic E-state index is 0.615. The summed E-state index contributed by atoms with van der Waals surface area (Å²) in [6.07, 6.45) is 32.9. The van der Waals surface area contributed by atoms with Gasteiger partial charge < -0.3 is 0 Å². The van der Waals surface area contributed by atoms with E-state index in [0.29, 0.717) is 11.8 Å². The van der Waals surface area contributed by atoms with Gasteiger partial charge in [0.05, 0.1) is 0 Å². The Morgan fingerprint density at radius 3 is 1.50 bits per heavy atom. The molecule has 0 atom stereocenters. The Morgan fingerprint density at radius 1 is 0.559 bits per heavy atom. The lowest BCUT2D eigenvalue weighted by Crippen LogP contribution is -2.25. The zero-order valence-corrected chi connectivity index (χ0v) is 22.7. The predicted octanol–water partition coefficient (Wildman–Crippen LogP) is 9.99. The van der Waals surface area contributed by atoms with E-state index in [0.717, 1.165) is 29.5 Å². The van der Waals surface area contributed by atoms with Gasteiger partial charge in [0.25, 0.3) is 0 Å². The molecule has 34 heavy (non-hydrogen) atoms. The van der Waals surface area contributed by atoms with Crippen LogP contribution in [0.15, 0.2) is 12.4 Å². The Balaban J connectivity index is 1.16. The maximum absolute atomic E-state index is 4.91. The highest BCUT2D eigenvalue weighted by Crippen LogP contribution is 2.44. The molecule has 0 spiro atoms. The monoisotopic (exact) mass is 466 g/mol. The molecule has 3 fully saturated rings. The second-order valence-electron chi connectivity index (χ2n) is 12.5. The van der Waals surface area contributed by atoms with Crippen molar-refractivity contribution in [3.05, 3.63) is 23.8 Å². The molecule has 3 aliphatic rings. The molecular weight excluding hydrogens is 412 g/mol. The van der Waals surface area contributed by atoms with Gasteiger partial charge in [-0.05, 0) is 99.4 Å². The Morgan fingerprint density at radius 2 is 1.00 bits per heavy atom. The van der Waals surface area contributed by atoms with Crippen LogP contribution in [0.25, 0.3) is 0 Å². The van der Waals surface area contributed by atoms with Crippen LogP contribution in [-0.4, -0.2) is 9.97 Å². The first-order valence-electron chi connectivity index (χ1n) is 15.6. The summed E-state index contributed by atoms with van der Waals surface area (Å²) in [7, 11) is 0. The number of hydrogen-bond donors (Lipinski definition) is 0. The van der Waals surface area contributed by atoms with E-state index in [1.54, 1.807) is 0 Å². The smallest absolute Gasteiger partial charge is 0.131 e. The van der Waals surface area contributed by atoms with Crippen LogP contribution in [0, 0.1) is 23.7 Å². The van der Waals surface area contributed by atoms with E-state index in [4.69, 9.17) is 9.97 Å². The molecule has 1 heterocycles. The molecule has 0 bridgehead atoms. The summed E-state index contributed by atoms with van der Waals surface area (Å²) in [5.41, 5.74) is 1.43. The zero-order valence-electron chi connectivity index (χ0n) is 22.7. The minimum atomic E-state index is 0.615. The van der Waals surface area contributed by atoms with Gasteiger partial charge in [-0.15, -0.1) is 0 Å². The molecule has 0 aliphatic heterocycles. The van der Waals surface area contributed by atoms with E-state index in [2.05, 4.69) is 26.2 Å². The third-order valence-corrected chi connectivity index (χ3v) is 10.1. The number of nitrogens with zero attached hydrogens (tertiary/aromatic N) is 2. The molecule has 0 saturated heterocycles. The summed E-state index contributed by atoms with van der Waals surface area (Å²) >= 11 is 0. The summed E-state index contributed by atoms with van der Waals surface area (Å²) in [5.74, 6) is 6.51. The molecule has 0 aromatic carbocycles. The molecule has 1 aromatic heterocycles. The van der Waals surface area contributed by atoms with Crippen LogP contribution in [0.3, 0.4) is 0 Å². The fourth-order valence-electron chi connectivity index (χ4n) is 7.72. The van der Waals surface area contributed by atoms with Gasteiger partial charge in [0.15, 0.2) is 0 Å². The minimum Gasteiger partial charge on any atom is -0.241 e. The van der Waals surface area contributed by atoms with Crippen LogP contribution >= 0.6 is 0 Å². The first-order chi connectivity index (χ1) is 16.8. The van der Waals surface area contributed by atoms with Crippen LogP contribution in [-0.2, 0) is 0 Å². The predicted molar refractivity (Wildman–Crippen MR) is 145 cm³/mol. The Bertz CT molecular complexity index is 659. The SMILES string of the molecule is CCCCC[C@H]1CC[C@H](c2ncc([C@H]3CC[C@H]([C@H]4CC[C@H](CCCCC)CC4)CC3)cn2)CC1. The molecule has 3 aliphatic carbocycles. The zero-order chi connectivity index (χ0) is 23.6. The maximum atomic E-state index is 4.91. The average Bonchev–Trinajstić information content (AvgIpc) is 2.90. The second kappa shape index (κ2) is 14.0. The highest BCUT2D eigenvalue weighted by Gasteiger charge is 2.31. The highest BCUT2D eigenvalue weighted by atomic mass is 14.9. The molecule has 2 nitrogen and oxygen atoms in total. The van der Waals surface area contributed by atoms with Crippen LogP contribution in [0.2, 0.25) is 0 Å². The van der Waals surface area contributed by atoms with Gasteiger partial charge in [-0.2, -0.15) is 0 Å². The summed E-state index contributed by atoms with van der Waals surface area (Å²) in [6, 6.07) is 0. The van der Waals surface area contributed by atoms with Crippen molar-refractivity contribution in [2.45, 2.75) is 154 Å². The molecule has 192 valence electrons. The van der Waals surface area contributed by atoms with E-state index in [1.807, 2.05) is 0 Å². The molecule has 2 heteroatoms. The van der Waals surface area contributed by atoms with E-state index < -0.39 is 0 Å². The summed E-state index contributed by atoms with van der Waals surface area (Å²) < 4.78 is 0. The first kappa shape index (κ1) is 26.2. The van der Waals surface area contributed by atoms with Gasteiger partial charge in [0.2, 0.25) is 0 Å². The van der Waals surface area contributed by atoms with Crippen LogP contribution < -0.4 is 0 Å². The lowest BCUT2D eigenvalue weighted by Gasteiger charge is -2.38. The van der Waals surface area contributed by atoms with E-state index in [-0.39, 0.29) is 0 Å². The fourth-order valence-corrected chi connectivity index (χ4v) is 7.72. The van der Waals surface area contributed by atoms with Crippen molar-refractivity contribution in [2.24, 2.45) is 23.7 Å². The van der Waals surface area contributed by atoms with Crippen molar-refractivity contribution in [2.75, 3.05) is 0 Å². The van der Waals surface area contributed by atoms with E-state index >= 15 is 0 Å². The van der Waals surface area contributed by atoms with Crippen LogP contribution in [0.1, 0.15) is 165 Å². The van der Waals surface area contributed by atoms with Gasteiger partial charge in [-0.3, -0.25) is 0 Å². The molecule has 1 aromatic rings. The van der Waals surface area contributed by atoms with Gasteiger partial charge >= 0.3 is 0 Å².